The Kier molecular flexibility index (Phi) is 4.83. The third-order valence-electron chi connectivity index (χ3n) is 4.15. The second-order valence-corrected chi connectivity index (χ2v) is 5.57. The Labute approximate surface area is 117 Å². The molecule has 1 heterocycles. The number of nitrogens with zero attached hydrogens (tertiary/aromatic N) is 2. The van der Waals surface area contributed by atoms with Gasteiger partial charge >= 0.3 is 0 Å². The van der Waals surface area contributed by atoms with Crippen molar-refractivity contribution in [3.05, 3.63) is 29.3 Å². The number of rotatable bonds is 4. The average molecular weight is 261 g/mol. The van der Waals surface area contributed by atoms with E-state index in [1.54, 1.807) is 0 Å². The minimum atomic E-state index is 0.648. The minimum absolute atomic E-state index is 0.648. The van der Waals surface area contributed by atoms with E-state index in [0.29, 0.717) is 6.04 Å². The molecule has 1 N–H and O–H groups in total. The van der Waals surface area contributed by atoms with Crippen LogP contribution < -0.4 is 10.2 Å². The van der Waals surface area contributed by atoms with Gasteiger partial charge in [-0.15, -0.1) is 0 Å². The van der Waals surface area contributed by atoms with Crippen LogP contribution in [-0.2, 0) is 6.54 Å². The lowest BCUT2D eigenvalue weighted by atomic mass is 10.1. The van der Waals surface area contributed by atoms with Gasteiger partial charge in [0, 0.05) is 37.9 Å². The first-order valence-electron chi connectivity index (χ1n) is 7.38. The highest BCUT2D eigenvalue weighted by molar-refractivity contribution is 5.55. The zero-order chi connectivity index (χ0) is 13.8. The molecule has 1 atom stereocenters. The predicted molar refractivity (Wildman–Crippen MR) is 82.9 cm³/mol. The maximum absolute atomic E-state index is 3.21. The SMILES string of the molecule is CCN1CCN(c2ccc(CNC)cc2C)CC1C. The summed E-state index contributed by atoms with van der Waals surface area (Å²) in [6, 6.07) is 7.49. The van der Waals surface area contributed by atoms with Gasteiger partial charge in [0.25, 0.3) is 0 Å². The molecular formula is C16H27N3. The van der Waals surface area contributed by atoms with Crippen LogP contribution in [0.3, 0.4) is 0 Å². The molecule has 0 saturated carbocycles. The quantitative estimate of drug-likeness (QED) is 0.897. The minimum Gasteiger partial charge on any atom is -0.368 e. The van der Waals surface area contributed by atoms with Crippen molar-refractivity contribution in [2.75, 3.05) is 38.1 Å². The summed E-state index contributed by atoms with van der Waals surface area (Å²) in [4.78, 5) is 5.09. The summed E-state index contributed by atoms with van der Waals surface area (Å²) in [6.45, 7) is 12.4. The van der Waals surface area contributed by atoms with Gasteiger partial charge in [-0.2, -0.15) is 0 Å². The number of benzene rings is 1. The van der Waals surface area contributed by atoms with Crippen molar-refractivity contribution in [1.29, 1.82) is 0 Å². The van der Waals surface area contributed by atoms with Crippen molar-refractivity contribution >= 4 is 5.69 Å². The van der Waals surface area contributed by atoms with Gasteiger partial charge in [0.05, 0.1) is 0 Å². The Hall–Kier alpha value is -1.06. The van der Waals surface area contributed by atoms with Gasteiger partial charge in [-0.1, -0.05) is 19.1 Å². The molecular weight excluding hydrogens is 234 g/mol. The lowest BCUT2D eigenvalue weighted by Crippen LogP contribution is -2.51. The molecule has 3 heteroatoms. The molecule has 3 nitrogen and oxygen atoms in total. The summed E-state index contributed by atoms with van der Waals surface area (Å²) in [5.74, 6) is 0. The monoisotopic (exact) mass is 261 g/mol. The molecule has 1 aliphatic rings. The van der Waals surface area contributed by atoms with Crippen molar-refractivity contribution < 1.29 is 0 Å². The topological polar surface area (TPSA) is 18.5 Å². The fraction of sp³-hybridized carbons (Fsp3) is 0.625. The standard InChI is InChI=1S/C16H27N3/c1-5-18-8-9-19(12-14(18)3)16-7-6-15(11-17-4)10-13(16)2/h6-7,10,14,17H,5,8-9,11-12H2,1-4H3. The summed E-state index contributed by atoms with van der Waals surface area (Å²) in [5.41, 5.74) is 4.16. The maximum atomic E-state index is 3.21. The predicted octanol–water partition coefficient (Wildman–Crippen LogP) is 2.24. The molecule has 1 saturated heterocycles. The van der Waals surface area contributed by atoms with E-state index in [2.05, 4.69) is 54.1 Å². The first-order valence-corrected chi connectivity index (χ1v) is 7.38. The molecule has 1 unspecified atom stereocenters. The zero-order valence-corrected chi connectivity index (χ0v) is 12.7. The van der Waals surface area contributed by atoms with Crippen molar-refractivity contribution in [2.45, 2.75) is 33.4 Å². The van der Waals surface area contributed by atoms with Gasteiger partial charge in [-0.05, 0) is 44.6 Å². The number of hydrogen-bond donors (Lipinski definition) is 1. The fourth-order valence-corrected chi connectivity index (χ4v) is 3.07. The fourth-order valence-electron chi connectivity index (χ4n) is 3.07. The van der Waals surface area contributed by atoms with Crippen molar-refractivity contribution in [1.82, 2.24) is 10.2 Å². The second kappa shape index (κ2) is 6.40. The van der Waals surface area contributed by atoms with Crippen LogP contribution in [0.15, 0.2) is 18.2 Å². The summed E-state index contributed by atoms with van der Waals surface area (Å²) in [7, 11) is 1.99. The smallest absolute Gasteiger partial charge is 0.0397 e. The van der Waals surface area contributed by atoms with Crippen LogP contribution in [0.1, 0.15) is 25.0 Å². The van der Waals surface area contributed by atoms with E-state index in [4.69, 9.17) is 0 Å². The third-order valence-corrected chi connectivity index (χ3v) is 4.15. The van der Waals surface area contributed by atoms with E-state index >= 15 is 0 Å². The molecule has 19 heavy (non-hydrogen) atoms. The number of aryl methyl sites for hydroxylation is 1. The Balaban J connectivity index is 2.10. The van der Waals surface area contributed by atoms with Crippen molar-refractivity contribution in [3.8, 4) is 0 Å². The van der Waals surface area contributed by atoms with E-state index < -0.39 is 0 Å². The summed E-state index contributed by atoms with van der Waals surface area (Å²) in [6.07, 6.45) is 0. The molecule has 2 rings (SSSR count). The third kappa shape index (κ3) is 3.28. The van der Waals surface area contributed by atoms with Gasteiger partial charge in [0.2, 0.25) is 0 Å². The van der Waals surface area contributed by atoms with E-state index in [-0.39, 0.29) is 0 Å². The lowest BCUT2D eigenvalue weighted by molar-refractivity contribution is 0.199. The molecule has 1 aromatic rings. The Bertz CT molecular complexity index is 416. The second-order valence-electron chi connectivity index (χ2n) is 5.57. The molecule has 106 valence electrons. The zero-order valence-electron chi connectivity index (χ0n) is 12.7. The van der Waals surface area contributed by atoms with Gasteiger partial charge in [0.15, 0.2) is 0 Å². The Morgan fingerprint density at radius 1 is 1.32 bits per heavy atom. The van der Waals surface area contributed by atoms with Gasteiger partial charge in [0.1, 0.15) is 0 Å². The molecule has 0 amide bonds. The molecule has 0 radical (unpaired) electrons. The van der Waals surface area contributed by atoms with Crippen LogP contribution >= 0.6 is 0 Å². The Morgan fingerprint density at radius 2 is 2.11 bits per heavy atom. The number of piperazine rings is 1. The van der Waals surface area contributed by atoms with Crippen LogP contribution in [0.25, 0.3) is 0 Å². The van der Waals surface area contributed by atoms with Gasteiger partial charge in [-0.25, -0.2) is 0 Å². The first kappa shape index (κ1) is 14.4. The summed E-state index contributed by atoms with van der Waals surface area (Å²) >= 11 is 0. The Morgan fingerprint density at radius 3 is 2.68 bits per heavy atom. The van der Waals surface area contributed by atoms with Crippen LogP contribution in [0, 0.1) is 6.92 Å². The maximum Gasteiger partial charge on any atom is 0.0397 e. The molecule has 0 aromatic heterocycles. The van der Waals surface area contributed by atoms with Gasteiger partial charge in [-0.3, -0.25) is 4.90 Å². The molecule has 1 aromatic carbocycles. The van der Waals surface area contributed by atoms with Crippen LogP contribution in [0.5, 0.6) is 0 Å². The van der Waals surface area contributed by atoms with Gasteiger partial charge < -0.3 is 10.2 Å². The highest BCUT2D eigenvalue weighted by atomic mass is 15.3. The molecule has 1 aliphatic heterocycles. The largest absolute Gasteiger partial charge is 0.368 e. The number of hydrogen-bond acceptors (Lipinski definition) is 3. The van der Waals surface area contributed by atoms with Crippen molar-refractivity contribution in [3.63, 3.8) is 0 Å². The average Bonchev–Trinajstić information content (AvgIpc) is 2.39. The molecule has 1 fully saturated rings. The highest BCUT2D eigenvalue weighted by Gasteiger charge is 2.23. The van der Waals surface area contributed by atoms with Crippen molar-refractivity contribution in [2.24, 2.45) is 0 Å². The number of likely N-dealkylation sites (N-methyl/N-ethyl adjacent to an activating group) is 1. The van der Waals surface area contributed by atoms with Crippen LogP contribution in [-0.4, -0.2) is 44.2 Å². The number of anilines is 1. The van der Waals surface area contributed by atoms with E-state index in [1.165, 1.54) is 23.4 Å². The molecule has 0 bridgehead atoms. The normalized spacial score (nSPS) is 20.8. The lowest BCUT2D eigenvalue weighted by Gasteiger charge is -2.41. The first-order chi connectivity index (χ1) is 9.15. The molecule has 0 spiro atoms. The number of nitrogens with one attached hydrogen (secondary N) is 1. The summed E-state index contributed by atoms with van der Waals surface area (Å²) < 4.78 is 0. The van der Waals surface area contributed by atoms with E-state index in [1.807, 2.05) is 7.05 Å². The highest BCUT2D eigenvalue weighted by Crippen LogP contribution is 2.24. The molecule has 0 aliphatic carbocycles. The van der Waals surface area contributed by atoms with Crippen LogP contribution in [0.4, 0.5) is 5.69 Å². The van der Waals surface area contributed by atoms with Crippen LogP contribution in [0.2, 0.25) is 0 Å². The summed E-state index contributed by atoms with van der Waals surface area (Å²) in [5, 5.41) is 3.21. The van der Waals surface area contributed by atoms with E-state index in [0.717, 1.165) is 26.2 Å². The van der Waals surface area contributed by atoms with E-state index in [9.17, 15) is 0 Å².